The number of benzene rings is 1. The first kappa shape index (κ1) is 19.4. The van der Waals surface area contributed by atoms with Gasteiger partial charge in [0.15, 0.2) is 0 Å². The number of nitrogens with one attached hydrogen (secondary N) is 2. The molecule has 0 aromatic heterocycles. The molecule has 0 spiro atoms. The Kier molecular flexibility index (Phi) is 6.45. The molecule has 0 saturated carbocycles. The fraction of sp³-hybridized carbons (Fsp3) is 0.550. The van der Waals surface area contributed by atoms with Crippen molar-refractivity contribution in [2.24, 2.45) is 0 Å². The number of ether oxygens (including phenoxy) is 1. The lowest BCUT2D eigenvalue weighted by Gasteiger charge is -2.38. The summed E-state index contributed by atoms with van der Waals surface area (Å²) in [5, 5.41) is 5.68. The van der Waals surface area contributed by atoms with E-state index in [1.165, 1.54) is 18.2 Å². The van der Waals surface area contributed by atoms with Crippen molar-refractivity contribution >= 4 is 17.8 Å². The van der Waals surface area contributed by atoms with Crippen molar-refractivity contribution < 1.29 is 19.1 Å². The smallest absolute Gasteiger partial charge is 0.305 e. The molecule has 1 atom stereocenters. The maximum atomic E-state index is 12.4. The van der Waals surface area contributed by atoms with E-state index in [0.717, 1.165) is 19.4 Å². The van der Waals surface area contributed by atoms with E-state index in [1.807, 2.05) is 12.1 Å². The molecule has 1 aromatic carbocycles. The lowest BCUT2D eigenvalue weighted by atomic mass is 10.0. The van der Waals surface area contributed by atoms with Crippen molar-refractivity contribution in [3.05, 3.63) is 35.4 Å². The molecule has 1 aromatic rings. The Hall–Kier alpha value is -2.41. The molecule has 7 nitrogen and oxygen atoms in total. The van der Waals surface area contributed by atoms with Gasteiger partial charge >= 0.3 is 5.97 Å². The number of fused-ring (bicyclic) bond motifs is 1. The van der Waals surface area contributed by atoms with Gasteiger partial charge in [-0.05, 0) is 30.4 Å². The monoisotopic (exact) mass is 373 g/mol. The summed E-state index contributed by atoms with van der Waals surface area (Å²) in [5.74, 6) is -0.535. The van der Waals surface area contributed by atoms with Gasteiger partial charge in [0, 0.05) is 32.1 Å². The molecule has 0 bridgehead atoms. The first-order valence-corrected chi connectivity index (χ1v) is 9.52. The zero-order valence-corrected chi connectivity index (χ0v) is 15.7. The standard InChI is InChI=1S/C20H27N3O4/c1-27-19(25)7-4-8-21-18(24)13-17-20(26)22-9-10-23(17)16-11-14-5-2-3-6-15(14)12-16/h2-3,5-6,16-17H,4,7-13H2,1H3,(H,21,24)(H,22,26). The number of esters is 1. The van der Waals surface area contributed by atoms with Crippen molar-refractivity contribution in [3.8, 4) is 0 Å². The Bertz CT molecular complexity index is 681. The van der Waals surface area contributed by atoms with Gasteiger partial charge in [0.1, 0.15) is 0 Å². The van der Waals surface area contributed by atoms with E-state index >= 15 is 0 Å². The van der Waals surface area contributed by atoms with Crippen LogP contribution in [-0.4, -0.2) is 61.5 Å². The minimum atomic E-state index is -0.446. The summed E-state index contributed by atoms with van der Waals surface area (Å²) >= 11 is 0. The van der Waals surface area contributed by atoms with Gasteiger partial charge in [-0.1, -0.05) is 24.3 Å². The molecule has 2 aliphatic rings. The minimum Gasteiger partial charge on any atom is -0.469 e. The number of carbonyl (C=O) groups is 3. The number of rotatable bonds is 7. The second-order valence-electron chi connectivity index (χ2n) is 7.11. The minimum absolute atomic E-state index is 0.0816. The Labute approximate surface area is 159 Å². The third-order valence-corrected chi connectivity index (χ3v) is 5.36. The summed E-state index contributed by atoms with van der Waals surface area (Å²) < 4.78 is 4.58. The number of nitrogens with zero attached hydrogens (tertiary/aromatic N) is 1. The molecule has 1 aliphatic carbocycles. The van der Waals surface area contributed by atoms with Crippen LogP contribution in [0.3, 0.4) is 0 Å². The number of amides is 2. The number of methoxy groups -OCH3 is 1. The molecule has 2 N–H and O–H groups in total. The highest BCUT2D eigenvalue weighted by atomic mass is 16.5. The van der Waals surface area contributed by atoms with Crippen molar-refractivity contribution in [1.82, 2.24) is 15.5 Å². The van der Waals surface area contributed by atoms with Crippen molar-refractivity contribution in [3.63, 3.8) is 0 Å². The van der Waals surface area contributed by atoms with Crippen LogP contribution in [0.2, 0.25) is 0 Å². The maximum absolute atomic E-state index is 12.4. The van der Waals surface area contributed by atoms with Crippen LogP contribution in [0.4, 0.5) is 0 Å². The lowest BCUT2D eigenvalue weighted by Crippen LogP contribution is -2.59. The fourth-order valence-corrected chi connectivity index (χ4v) is 3.96. The Morgan fingerprint density at radius 2 is 1.96 bits per heavy atom. The highest BCUT2D eigenvalue weighted by molar-refractivity contribution is 5.88. The summed E-state index contributed by atoms with van der Waals surface area (Å²) in [6, 6.07) is 8.18. The first-order valence-electron chi connectivity index (χ1n) is 9.52. The van der Waals surface area contributed by atoms with Crippen LogP contribution in [0.1, 0.15) is 30.4 Å². The van der Waals surface area contributed by atoms with Crippen molar-refractivity contribution in [2.45, 2.75) is 44.2 Å². The summed E-state index contributed by atoms with van der Waals surface area (Å²) in [7, 11) is 1.35. The number of hydrogen-bond acceptors (Lipinski definition) is 5. The van der Waals surface area contributed by atoms with Crippen LogP contribution < -0.4 is 10.6 Å². The fourth-order valence-electron chi connectivity index (χ4n) is 3.96. The van der Waals surface area contributed by atoms with Crippen LogP contribution in [0.25, 0.3) is 0 Å². The Morgan fingerprint density at radius 1 is 1.26 bits per heavy atom. The maximum Gasteiger partial charge on any atom is 0.305 e. The quantitative estimate of drug-likeness (QED) is 0.534. The zero-order valence-electron chi connectivity index (χ0n) is 15.7. The largest absolute Gasteiger partial charge is 0.469 e. The van der Waals surface area contributed by atoms with E-state index in [-0.39, 0.29) is 36.7 Å². The van der Waals surface area contributed by atoms with E-state index < -0.39 is 6.04 Å². The molecule has 1 heterocycles. The molecular weight excluding hydrogens is 346 g/mol. The van der Waals surface area contributed by atoms with Gasteiger partial charge in [0.2, 0.25) is 11.8 Å². The van der Waals surface area contributed by atoms with E-state index in [2.05, 4.69) is 32.4 Å². The molecular formula is C20H27N3O4. The normalized spacial score (nSPS) is 20.0. The highest BCUT2D eigenvalue weighted by Gasteiger charge is 2.37. The van der Waals surface area contributed by atoms with Crippen molar-refractivity contribution in [2.75, 3.05) is 26.7 Å². The van der Waals surface area contributed by atoms with E-state index in [9.17, 15) is 14.4 Å². The second-order valence-corrected chi connectivity index (χ2v) is 7.11. The SMILES string of the molecule is COC(=O)CCCNC(=O)CC1C(=O)NCCN1C1Cc2ccccc2C1. The molecule has 1 unspecified atom stereocenters. The molecule has 1 saturated heterocycles. The molecule has 27 heavy (non-hydrogen) atoms. The molecule has 1 aliphatic heterocycles. The predicted molar refractivity (Wildman–Crippen MR) is 100 cm³/mol. The van der Waals surface area contributed by atoms with Gasteiger partial charge in [-0.2, -0.15) is 0 Å². The summed E-state index contributed by atoms with van der Waals surface area (Å²) in [4.78, 5) is 38.0. The Morgan fingerprint density at radius 3 is 2.63 bits per heavy atom. The third kappa shape index (κ3) is 4.86. The number of carbonyl (C=O) groups excluding carboxylic acids is 3. The molecule has 3 rings (SSSR count). The van der Waals surface area contributed by atoms with Gasteiger partial charge in [0.05, 0.1) is 19.6 Å². The zero-order chi connectivity index (χ0) is 19.2. The van der Waals surface area contributed by atoms with Gasteiger partial charge in [-0.25, -0.2) is 0 Å². The van der Waals surface area contributed by atoms with E-state index in [4.69, 9.17) is 0 Å². The highest BCUT2D eigenvalue weighted by Crippen LogP contribution is 2.28. The van der Waals surface area contributed by atoms with Crippen molar-refractivity contribution in [1.29, 1.82) is 0 Å². The van der Waals surface area contributed by atoms with Gasteiger partial charge in [-0.3, -0.25) is 19.3 Å². The van der Waals surface area contributed by atoms with Crippen LogP contribution in [0.15, 0.2) is 24.3 Å². The van der Waals surface area contributed by atoms with Crippen LogP contribution in [0, 0.1) is 0 Å². The van der Waals surface area contributed by atoms with Crippen LogP contribution in [-0.2, 0) is 32.0 Å². The summed E-state index contributed by atoms with van der Waals surface area (Å²) in [6.07, 6.45) is 2.77. The molecule has 0 radical (unpaired) electrons. The third-order valence-electron chi connectivity index (χ3n) is 5.36. The first-order chi connectivity index (χ1) is 13.1. The van der Waals surface area contributed by atoms with Gasteiger partial charge in [0.25, 0.3) is 0 Å². The molecule has 2 amide bonds. The number of piperazine rings is 1. The topological polar surface area (TPSA) is 87.7 Å². The molecule has 146 valence electrons. The van der Waals surface area contributed by atoms with Gasteiger partial charge < -0.3 is 15.4 Å². The second kappa shape index (κ2) is 8.99. The molecule has 7 heteroatoms. The predicted octanol–water partition coefficient (Wildman–Crippen LogP) is 0.414. The molecule has 1 fully saturated rings. The Balaban J connectivity index is 1.54. The summed E-state index contributed by atoms with van der Waals surface area (Å²) in [5.41, 5.74) is 2.67. The average molecular weight is 373 g/mol. The summed E-state index contributed by atoms with van der Waals surface area (Å²) in [6.45, 7) is 1.77. The van der Waals surface area contributed by atoms with Gasteiger partial charge in [-0.15, -0.1) is 0 Å². The van der Waals surface area contributed by atoms with E-state index in [0.29, 0.717) is 19.5 Å². The number of hydrogen-bond donors (Lipinski definition) is 2. The van der Waals surface area contributed by atoms with Crippen LogP contribution in [0.5, 0.6) is 0 Å². The van der Waals surface area contributed by atoms with E-state index in [1.54, 1.807) is 0 Å². The van der Waals surface area contributed by atoms with Crippen LogP contribution >= 0.6 is 0 Å². The average Bonchev–Trinajstić information content (AvgIpc) is 3.10. The lowest BCUT2D eigenvalue weighted by molar-refractivity contribution is -0.140.